The molecule has 0 fully saturated rings. The standard InChI is InChI=1S/C16H16F3NO/c1-2-6-21-12-5-3-4-11(7-12)10-20-16-9-14(18)13(17)8-15(16)19/h3-5,7-9,20H,2,6,10H2,1H3. The molecule has 2 rings (SSSR count). The van der Waals surface area contributed by atoms with Gasteiger partial charge in [-0.05, 0) is 24.1 Å². The smallest absolute Gasteiger partial charge is 0.161 e. The molecule has 0 spiro atoms. The van der Waals surface area contributed by atoms with Gasteiger partial charge in [0.2, 0.25) is 0 Å². The molecule has 2 aromatic rings. The van der Waals surface area contributed by atoms with Crippen LogP contribution in [0.5, 0.6) is 5.75 Å². The van der Waals surface area contributed by atoms with E-state index in [-0.39, 0.29) is 12.2 Å². The van der Waals surface area contributed by atoms with Gasteiger partial charge in [-0.2, -0.15) is 0 Å². The number of hydrogen-bond acceptors (Lipinski definition) is 2. The average Bonchev–Trinajstić information content (AvgIpc) is 2.48. The Morgan fingerprint density at radius 1 is 1.00 bits per heavy atom. The predicted octanol–water partition coefficient (Wildman–Crippen LogP) is 4.50. The van der Waals surface area contributed by atoms with E-state index in [1.807, 2.05) is 31.2 Å². The highest BCUT2D eigenvalue weighted by Crippen LogP contribution is 2.20. The number of rotatable bonds is 6. The third kappa shape index (κ3) is 4.15. The van der Waals surface area contributed by atoms with Gasteiger partial charge in [0.05, 0.1) is 12.3 Å². The molecule has 0 aliphatic carbocycles. The Hall–Kier alpha value is -2.17. The second-order valence-corrected chi connectivity index (χ2v) is 4.60. The highest BCUT2D eigenvalue weighted by Gasteiger charge is 2.09. The van der Waals surface area contributed by atoms with Crippen LogP contribution in [0, 0.1) is 17.5 Å². The normalized spacial score (nSPS) is 10.5. The SMILES string of the molecule is CCCOc1cccc(CNc2cc(F)c(F)cc2F)c1. The van der Waals surface area contributed by atoms with Gasteiger partial charge in [0.1, 0.15) is 11.6 Å². The molecule has 21 heavy (non-hydrogen) atoms. The van der Waals surface area contributed by atoms with Crippen molar-refractivity contribution in [1.29, 1.82) is 0 Å². The third-order valence-corrected chi connectivity index (χ3v) is 2.86. The fourth-order valence-electron chi connectivity index (χ4n) is 1.82. The fourth-order valence-corrected chi connectivity index (χ4v) is 1.82. The monoisotopic (exact) mass is 295 g/mol. The van der Waals surface area contributed by atoms with Crippen LogP contribution in [-0.2, 0) is 6.54 Å². The van der Waals surface area contributed by atoms with E-state index in [1.54, 1.807) is 0 Å². The van der Waals surface area contributed by atoms with Gasteiger partial charge in [0.25, 0.3) is 0 Å². The average molecular weight is 295 g/mol. The number of nitrogens with one attached hydrogen (secondary N) is 1. The first-order valence-electron chi connectivity index (χ1n) is 6.70. The summed E-state index contributed by atoms with van der Waals surface area (Å²) in [6, 6.07) is 8.64. The molecule has 0 amide bonds. The second kappa shape index (κ2) is 7.02. The largest absolute Gasteiger partial charge is 0.494 e. The van der Waals surface area contributed by atoms with E-state index in [9.17, 15) is 13.2 Å². The van der Waals surface area contributed by atoms with Crippen molar-refractivity contribution in [1.82, 2.24) is 0 Å². The lowest BCUT2D eigenvalue weighted by molar-refractivity contribution is 0.317. The van der Waals surface area contributed by atoms with Crippen molar-refractivity contribution >= 4 is 5.69 Å². The maximum atomic E-state index is 13.5. The summed E-state index contributed by atoms with van der Waals surface area (Å²) in [5, 5.41) is 2.74. The molecule has 2 nitrogen and oxygen atoms in total. The predicted molar refractivity (Wildman–Crippen MR) is 75.9 cm³/mol. The lowest BCUT2D eigenvalue weighted by atomic mass is 10.2. The van der Waals surface area contributed by atoms with E-state index in [4.69, 9.17) is 4.74 Å². The maximum Gasteiger partial charge on any atom is 0.161 e. The molecule has 0 radical (unpaired) electrons. The summed E-state index contributed by atoms with van der Waals surface area (Å²) in [5.41, 5.74) is 0.779. The zero-order valence-electron chi connectivity index (χ0n) is 11.6. The summed E-state index contributed by atoms with van der Waals surface area (Å²) in [6.07, 6.45) is 0.905. The zero-order chi connectivity index (χ0) is 15.2. The van der Waals surface area contributed by atoms with Crippen molar-refractivity contribution < 1.29 is 17.9 Å². The van der Waals surface area contributed by atoms with Gasteiger partial charge in [-0.3, -0.25) is 0 Å². The highest BCUT2D eigenvalue weighted by molar-refractivity contribution is 5.46. The molecule has 0 aliphatic heterocycles. The molecule has 0 saturated heterocycles. The van der Waals surface area contributed by atoms with Gasteiger partial charge < -0.3 is 10.1 Å². The van der Waals surface area contributed by atoms with Crippen LogP contribution in [0.3, 0.4) is 0 Å². The van der Waals surface area contributed by atoms with Gasteiger partial charge in [-0.1, -0.05) is 19.1 Å². The number of hydrogen-bond donors (Lipinski definition) is 1. The summed E-state index contributed by atoms with van der Waals surface area (Å²) in [5.74, 6) is -2.39. The third-order valence-electron chi connectivity index (χ3n) is 2.86. The zero-order valence-corrected chi connectivity index (χ0v) is 11.6. The van der Waals surface area contributed by atoms with Crippen molar-refractivity contribution in [3.63, 3.8) is 0 Å². The maximum absolute atomic E-state index is 13.5. The van der Waals surface area contributed by atoms with Gasteiger partial charge in [0, 0.05) is 18.7 Å². The molecule has 2 aromatic carbocycles. The molecule has 0 heterocycles. The number of ether oxygens (including phenoxy) is 1. The quantitative estimate of drug-likeness (QED) is 0.792. The van der Waals surface area contributed by atoms with E-state index in [1.165, 1.54) is 0 Å². The molecule has 5 heteroatoms. The van der Waals surface area contributed by atoms with Gasteiger partial charge in [0.15, 0.2) is 11.6 Å². The number of anilines is 1. The first-order valence-corrected chi connectivity index (χ1v) is 6.70. The molecular formula is C16H16F3NO. The fraction of sp³-hybridized carbons (Fsp3) is 0.250. The molecule has 0 saturated carbocycles. The Kier molecular flexibility index (Phi) is 5.09. The Bertz CT molecular complexity index is 616. The molecule has 0 bridgehead atoms. The van der Waals surface area contributed by atoms with E-state index in [0.29, 0.717) is 12.7 Å². The molecule has 0 aromatic heterocycles. The summed E-state index contributed by atoms with van der Waals surface area (Å²) >= 11 is 0. The molecular weight excluding hydrogens is 279 g/mol. The lowest BCUT2D eigenvalue weighted by Gasteiger charge is -2.10. The molecule has 0 aliphatic rings. The molecule has 0 unspecified atom stereocenters. The van der Waals surface area contributed by atoms with Crippen molar-refractivity contribution in [3.05, 3.63) is 59.4 Å². The Morgan fingerprint density at radius 3 is 2.52 bits per heavy atom. The first kappa shape index (κ1) is 15.2. The van der Waals surface area contributed by atoms with E-state index in [0.717, 1.165) is 23.8 Å². The van der Waals surface area contributed by atoms with Crippen LogP contribution in [0.2, 0.25) is 0 Å². The van der Waals surface area contributed by atoms with Crippen molar-refractivity contribution in [2.45, 2.75) is 19.9 Å². The summed E-state index contributed by atoms with van der Waals surface area (Å²) in [4.78, 5) is 0. The van der Waals surface area contributed by atoms with Crippen LogP contribution in [0.25, 0.3) is 0 Å². The second-order valence-electron chi connectivity index (χ2n) is 4.60. The van der Waals surface area contributed by atoms with Crippen molar-refractivity contribution in [3.8, 4) is 5.75 Å². The van der Waals surface area contributed by atoms with Crippen LogP contribution in [0.15, 0.2) is 36.4 Å². The lowest BCUT2D eigenvalue weighted by Crippen LogP contribution is -2.03. The van der Waals surface area contributed by atoms with Gasteiger partial charge in [-0.15, -0.1) is 0 Å². The van der Waals surface area contributed by atoms with E-state index >= 15 is 0 Å². The number of benzene rings is 2. The minimum absolute atomic E-state index is 0.0752. The van der Waals surface area contributed by atoms with Crippen molar-refractivity contribution in [2.75, 3.05) is 11.9 Å². The Morgan fingerprint density at radius 2 is 1.76 bits per heavy atom. The van der Waals surface area contributed by atoms with Crippen LogP contribution in [0.4, 0.5) is 18.9 Å². The summed E-state index contributed by atoms with van der Waals surface area (Å²) in [7, 11) is 0. The minimum Gasteiger partial charge on any atom is -0.494 e. The van der Waals surface area contributed by atoms with Crippen LogP contribution in [-0.4, -0.2) is 6.61 Å². The number of halogens is 3. The van der Waals surface area contributed by atoms with Crippen LogP contribution < -0.4 is 10.1 Å². The van der Waals surface area contributed by atoms with Gasteiger partial charge in [-0.25, -0.2) is 13.2 Å². The topological polar surface area (TPSA) is 21.3 Å². The highest BCUT2D eigenvalue weighted by atomic mass is 19.2. The molecule has 112 valence electrons. The molecule has 0 atom stereocenters. The molecule has 1 N–H and O–H groups in total. The van der Waals surface area contributed by atoms with Crippen LogP contribution in [0.1, 0.15) is 18.9 Å². The minimum atomic E-state index is -1.20. The van der Waals surface area contributed by atoms with Crippen LogP contribution >= 0.6 is 0 Å². The van der Waals surface area contributed by atoms with E-state index < -0.39 is 17.5 Å². The summed E-state index contributed by atoms with van der Waals surface area (Å²) < 4.78 is 44.9. The van der Waals surface area contributed by atoms with Crippen molar-refractivity contribution in [2.24, 2.45) is 0 Å². The Balaban J connectivity index is 2.04. The summed E-state index contributed by atoms with van der Waals surface area (Å²) in [6.45, 7) is 2.91. The Labute approximate surface area is 121 Å². The van der Waals surface area contributed by atoms with Gasteiger partial charge >= 0.3 is 0 Å². The first-order chi connectivity index (χ1) is 10.1. The van der Waals surface area contributed by atoms with E-state index in [2.05, 4.69) is 5.32 Å².